The average molecular weight is 436 g/mol. The van der Waals surface area contributed by atoms with E-state index in [0.29, 0.717) is 12.3 Å². The van der Waals surface area contributed by atoms with Gasteiger partial charge in [-0.15, -0.1) is 0 Å². The van der Waals surface area contributed by atoms with Gasteiger partial charge in [0.15, 0.2) is 0 Å². The summed E-state index contributed by atoms with van der Waals surface area (Å²) in [4.78, 5) is 27.6. The highest BCUT2D eigenvalue weighted by Crippen LogP contribution is 2.55. The molecule has 6 heteroatoms. The molecule has 4 fully saturated rings. The normalized spacial score (nSPS) is 29.0. The van der Waals surface area contributed by atoms with Crippen LogP contribution in [0.25, 0.3) is 10.9 Å². The third-order valence-corrected chi connectivity index (χ3v) is 8.77. The fourth-order valence-electron chi connectivity index (χ4n) is 6.79. The van der Waals surface area contributed by atoms with Crippen LogP contribution < -0.4 is 0 Å². The number of benzene rings is 1. The molecule has 1 aliphatic heterocycles. The molecular weight excluding hydrogens is 402 g/mol. The average Bonchev–Trinajstić information content (AvgIpc) is 3.72. The highest BCUT2D eigenvalue weighted by atomic mass is 16.4. The van der Waals surface area contributed by atoms with Crippen LogP contribution in [0.5, 0.6) is 0 Å². The molecule has 32 heavy (non-hydrogen) atoms. The summed E-state index contributed by atoms with van der Waals surface area (Å²) >= 11 is 0. The predicted molar refractivity (Wildman–Crippen MR) is 121 cm³/mol. The molecule has 3 unspecified atom stereocenters. The Morgan fingerprint density at radius 3 is 2.66 bits per heavy atom. The predicted octanol–water partition coefficient (Wildman–Crippen LogP) is 4.36. The third kappa shape index (κ3) is 3.17. The van der Waals surface area contributed by atoms with Crippen LogP contribution in [0.3, 0.4) is 0 Å². The van der Waals surface area contributed by atoms with E-state index >= 15 is 0 Å². The van der Waals surface area contributed by atoms with Crippen molar-refractivity contribution in [2.75, 3.05) is 6.54 Å². The number of aromatic nitrogens is 2. The smallest absolute Gasteiger partial charge is 0.306 e. The lowest BCUT2D eigenvalue weighted by Gasteiger charge is -2.46. The molecule has 1 N–H and O–H groups in total. The van der Waals surface area contributed by atoms with Gasteiger partial charge in [-0.3, -0.25) is 14.3 Å². The van der Waals surface area contributed by atoms with Crippen LogP contribution in [0.15, 0.2) is 18.2 Å². The number of hydrogen-bond acceptors (Lipinski definition) is 3. The minimum Gasteiger partial charge on any atom is -0.481 e. The van der Waals surface area contributed by atoms with Crippen LogP contribution in [0.2, 0.25) is 0 Å². The number of carbonyl (C=O) groups is 2. The Balaban J connectivity index is 1.29. The highest BCUT2D eigenvalue weighted by molar-refractivity contribution is 5.89. The first-order chi connectivity index (χ1) is 15.5. The summed E-state index contributed by atoms with van der Waals surface area (Å²) in [6, 6.07) is 6.65. The van der Waals surface area contributed by atoms with E-state index in [-0.39, 0.29) is 29.2 Å². The van der Waals surface area contributed by atoms with E-state index in [1.54, 1.807) is 0 Å². The van der Waals surface area contributed by atoms with Gasteiger partial charge in [0.05, 0.1) is 17.1 Å². The van der Waals surface area contributed by atoms with E-state index < -0.39 is 5.97 Å². The lowest BCUT2D eigenvalue weighted by Crippen LogP contribution is -2.53. The summed E-state index contributed by atoms with van der Waals surface area (Å²) in [6.45, 7) is 0.776. The molecule has 6 nitrogen and oxygen atoms in total. The summed E-state index contributed by atoms with van der Waals surface area (Å²) in [5.41, 5.74) is 3.58. The monoisotopic (exact) mass is 435 g/mol. The fraction of sp³-hybridized carbons (Fsp3) is 0.654. The van der Waals surface area contributed by atoms with Crippen molar-refractivity contribution < 1.29 is 14.7 Å². The molecule has 1 aromatic carbocycles. The van der Waals surface area contributed by atoms with E-state index in [1.165, 1.54) is 29.3 Å². The molecular formula is C26H33N3O3. The van der Waals surface area contributed by atoms with Gasteiger partial charge < -0.3 is 10.0 Å². The Hall–Kier alpha value is -2.37. The largest absolute Gasteiger partial charge is 0.481 e. The summed E-state index contributed by atoms with van der Waals surface area (Å²) in [5, 5.41) is 16.0. The van der Waals surface area contributed by atoms with Crippen LogP contribution in [0.4, 0.5) is 0 Å². The second-order valence-electron chi connectivity index (χ2n) is 10.8. The molecule has 0 bridgehead atoms. The number of carboxylic acids is 1. The molecule has 0 radical (unpaired) electrons. The van der Waals surface area contributed by atoms with Crippen LogP contribution in [0.1, 0.15) is 81.4 Å². The molecule has 3 aliphatic carbocycles. The second kappa shape index (κ2) is 7.32. The van der Waals surface area contributed by atoms with Crippen molar-refractivity contribution in [1.82, 2.24) is 14.7 Å². The molecule has 3 atom stereocenters. The number of amides is 1. The van der Waals surface area contributed by atoms with Crippen LogP contribution in [-0.2, 0) is 22.1 Å². The number of rotatable bonds is 5. The molecule has 1 aromatic heterocycles. The number of likely N-dealkylation sites (tertiary alicyclic amines) is 1. The van der Waals surface area contributed by atoms with Crippen molar-refractivity contribution in [3.63, 3.8) is 0 Å². The van der Waals surface area contributed by atoms with E-state index in [4.69, 9.17) is 5.10 Å². The van der Waals surface area contributed by atoms with Crippen molar-refractivity contribution in [3.8, 4) is 0 Å². The standard InChI is InChI=1S/C26H33N3O3/c1-28-21-9-2-5-17(16-10-11-16)23(21)24(27-28)26(12-13-26)15-22(30)29-14-4-7-18-19(25(31)32)6-3-8-20(18)29/h2,5,9,16,18-20H,3-4,6-8,10-15H2,1H3,(H,31,32). The van der Waals surface area contributed by atoms with E-state index in [9.17, 15) is 14.7 Å². The molecule has 6 rings (SSSR count). The van der Waals surface area contributed by atoms with Crippen molar-refractivity contribution in [1.29, 1.82) is 0 Å². The zero-order valence-electron chi connectivity index (χ0n) is 18.9. The maximum atomic E-state index is 13.7. The minimum absolute atomic E-state index is 0.101. The Morgan fingerprint density at radius 2 is 1.94 bits per heavy atom. The SMILES string of the molecule is Cn1nc(C2(CC(=O)N3CCCC4C(C(=O)O)CCCC43)CC2)c2c(C3CC3)cccc21. The second-order valence-corrected chi connectivity index (χ2v) is 10.8. The van der Waals surface area contributed by atoms with Crippen LogP contribution in [-0.4, -0.2) is 44.3 Å². The van der Waals surface area contributed by atoms with E-state index in [1.807, 2.05) is 11.7 Å². The van der Waals surface area contributed by atoms with Crippen molar-refractivity contribution in [2.45, 2.75) is 81.6 Å². The summed E-state index contributed by atoms with van der Waals surface area (Å²) < 4.78 is 2.00. The number of nitrogens with zero attached hydrogens (tertiary/aromatic N) is 3. The van der Waals surface area contributed by atoms with Gasteiger partial charge in [-0.25, -0.2) is 0 Å². The number of fused-ring (bicyclic) bond motifs is 2. The number of aliphatic carboxylic acids is 1. The zero-order chi connectivity index (χ0) is 22.0. The quantitative estimate of drug-likeness (QED) is 0.757. The molecule has 1 saturated heterocycles. The van der Waals surface area contributed by atoms with Gasteiger partial charge in [0.1, 0.15) is 0 Å². The molecule has 0 spiro atoms. The summed E-state index contributed by atoms with van der Waals surface area (Å²) in [6.07, 6.45) is 9.52. The summed E-state index contributed by atoms with van der Waals surface area (Å²) in [7, 11) is 2.02. The van der Waals surface area contributed by atoms with Gasteiger partial charge >= 0.3 is 5.97 Å². The Kier molecular flexibility index (Phi) is 4.63. The van der Waals surface area contributed by atoms with Gasteiger partial charge in [-0.05, 0) is 74.8 Å². The molecule has 2 aromatic rings. The Bertz CT molecular complexity index is 1080. The fourth-order valence-corrected chi connectivity index (χ4v) is 6.79. The minimum atomic E-state index is -0.680. The molecule has 2 heterocycles. The van der Waals surface area contributed by atoms with Crippen molar-refractivity contribution in [2.24, 2.45) is 18.9 Å². The maximum Gasteiger partial charge on any atom is 0.306 e. The van der Waals surface area contributed by atoms with E-state index in [0.717, 1.165) is 57.2 Å². The van der Waals surface area contributed by atoms with Gasteiger partial charge in [-0.1, -0.05) is 18.6 Å². The maximum absolute atomic E-state index is 13.7. The number of piperidine rings is 1. The van der Waals surface area contributed by atoms with Crippen LogP contribution in [0, 0.1) is 11.8 Å². The number of carboxylic acid groups (broad SMARTS) is 1. The first kappa shape index (κ1) is 20.3. The topological polar surface area (TPSA) is 75.4 Å². The molecule has 4 aliphatic rings. The highest BCUT2D eigenvalue weighted by Gasteiger charge is 2.52. The molecule has 170 valence electrons. The number of carbonyl (C=O) groups excluding carboxylic acids is 1. The Morgan fingerprint density at radius 1 is 1.12 bits per heavy atom. The Labute approximate surface area is 189 Å². The van der Waals surface area contributed by atoms with E-state index in [2.05, 4.69) is 23.1 Å². The van der Waals surface area contributed by atoms with Gasteiger partial charge in [0, 0.05) is 36.9 Å². The number of aryl methyl sites for hydroxylation is 1. The first-order valence-corrected chi connectivity index (χ1v) is 12.5. The number of hydrogen-bond donors (Lipinski definition) is 1. The zero-order valence-corrected chi connectivity index (χ0v) is 18.9. The van der Waals surface area contributed by atoms with Gasteiger partial charge in [0.25, 0.3) is 0 Å². The lowest BCUT2D eigenvalue weighted by molar-refractivity contribution is -0.152. The summed E-state index contributed by atoms with van der Waals surface area (Å²) in [5.74, 6) is 0.00341. The van der Waals surface area contributed by atoms with Crippen molar-refractivity contribution in [3.05, 3.63) is 29.5 Å². The first-order valence-electron chi connectivity index (χ1n) is 12.5. The van der Waals surface area contributed by atoms with Crippen LogP contribution >= 0.6 is 0 Å². The van der Waals surface area contributed by atoms with Gasteiger partial charge in [-0.2, -0.15) is 5.10 Å². The van der Waals surface area contributed by atoms with Gasteiger partial charge in [0.2, 0.25) is 5.91 Å². The molecule has 3 saturated carbocycles. The van der Waals surface area contributed by atoms with Crippen molar-refractivity contribution >= 4 is 22.8 Å². The molecule has 1 amide bonds. The third-order valence-electron chi connectivity index (χ3n) is 8.77. The lowest BCUT2D eigenvalue weighted by atomic mass is 9.71.